The molecule has 0 aromatic heterocycles. The SMILES string of the molecule is CC.CCCC(=N)C(=N)c1ccccc1.CN. The zero-order chi connectivity index (χ0) is 13.7. The highest BCUT2D eigenvalue weighted by Crippen LogP contribution is 2.03. The van der Waals surface area contributed by atoms with Crippen molar-refractivity contribution in [1.82, 2.24) is 0 Å². The molecule has 0 aliphatic heterocycles. The Hall–Kier alpha value is -1.48. The van der Waals surface area contributed by atoms with Gasteiger partial charge in [-0.15, -0.1) is 0 Å². The summed E-state index contributed by atoms with van der Waals surface area (Å²) in [6.45, 7) is 6.02. The molecule has 3 nitrogen and oxygen atoms in total. The second-order valence-corrected chi connectivity index (χ2v) is 2.97. The highest BCUT2D eigenvalue weighted by atomic mass is 14.5. The average molecular weight is 235 g/mol. The fourth-order valence-electron chi connectivity index (χ4n) is 1.15. The van der Waals surface area contributed by atoms with Gasteiger partial charge in [0.25, 0.3) is 0 Å². The fraction of sp³-hybridized carbons (Fsp3) is 0.429. The maximum Gasteiger partial charge on any atom is 0.0819 e. The van der Waals surface area contributed by atoms with Gasteiger partial charge in [-0.2, -0.15) is 0 Å². The largest absolute Gasteiger partial charge is 0.333 e. The van der Waals surface area contributed by atoms with Crippen molar-refractivity contribution < 1.29 is 0 Å². The van der Waals surface area contributed by atoms with Gasteiger partial charge in [0.2, 0.25) is 0 Å². The lowest BCUT2D eigenvalue weighted by Crippen LogP contribution is -2.12. The smallest absolute Gasteiger partial charge is 0.0819 e. The van der Waals surface area contributed by atoms with Gasteiger partial charge in [-0.25, -0.2) is 0 Å². The minimum absolute atomic E-state index is 0.349. The Bertz CT molecular complexity index is 305. The first kappa shape index (κ1) is 17.9. The van der Waals surface area contributed by atoms with E-state index in [0.29, 0.717) is 17.8 Å². The third-order valence-corrected chi connectivity index (χ3v) is 1.86. The second kappa shape index (κ2) is 12.6. The predicted octanol–water partition coefficient (Wildman–Crippen LogP) is 3.48. The van der Waals surface area contributed by atoms with Crippen molar-refractivity contribution >= 4 is 11.4 Å². The molecule has 0 bridgehead atoms. The van der Waals surface area contributed by atoms with E-state index in [1.54, 1.807) is 0 Å². The number of hydrogen-bond acceptors (Lipinski definition) is 3. The van der Waals surface area contributed by atoms with Gasteiger partial charge in [0.15, 0.2) is 0 Å². The van der Waals surface area contributed by atoms with Crippen LogP contribution in [0.2, 0.25) is 0 Å². The van der Waals surface area contributed by atoms with Crippen LogP contribution in [0.4, 0.5) is 0 Å². The van der Waals surface area contributed by atoms with E-state index in [1.165, 1.54) is 7.05 Å². The molecule has 0 aliphatic carbocycles. The molecule has 0 aliphatic rings. The first-order valence-electron chi connectivity index (χ1n) is 6.05. The van der Waals surface area contributed by atoms with Crippen LogP contribution in [0.1, 0.15) is 39.2 Å². The van der Waals surface area contributed by atoms with Crippen molar-refractivity contribution in [2.75, 3.05) is 7.05 Å². The normalized spacial score (nSPS) is 8.06. The molecule has 3 heteroatoms. The van der Waals surface area contributed by atoms with Crippen LogP contribution in [0, 0.1) is 10.8 Å². The second-order valence-electron chi connectivity index (χ2n) is 2.97. The first-order valence-corrected chi connectivity index (χ1v) is 6.05. The Labute approximate surface area is 105 Å². The van der Waals surface area contributed by atoms with E-state index in [-0.39, 0.29) is 0 Å². The van der Waals surface area contributed by atoms with Gasteiger partial charge in [-0.05, 0) is 13.5 Å². The summed E-state index contributed by atoms with van der Waals surface area (Å²) in [5.41, 5.74) is 6.11. The molecule has 96 valence electrons. The molecule has 1 aromatic carbocycles. The van der Waals surface area contributed by atoms with E-state index in [0.717, 1.165) is 12.0 Å². The zero-order valence-electron chi connectivity index (χ0n) is 11.4. The topological polar surface area (TPSA) is 73.7 Å². The summed E-state index contributed by atoms with van der Waals surface area (Å²) < 4.78 is 0. The summed E-state index contributed by atoms with van der Waals surface area (Å²) in [6, 6.07) is 9.44. The Morgan fingerprint density at radius 3 is 1.94 bits per heavy atom. The molecule has 17 heavy (non-hydrogen) atoms. The summed E-state index contributed by atoms with van der Waals surface area (Å²) >= 11 is 0. The number of benzene rings is 1. The lowest BCUT2D eigenvalue weighted by Gasteiger charge is -2.03. The fourth-order valence-corrected chi connectivity index (χ4v) is 1.15. The van der Waals surface area contributed by atoms with E-state index in [2.05, 4.69) is 5.73 Å². The zero-order valence-corrected chi connectivity index (χ0v) is 11.4. The minimum Gasteiger partial charge on any atom is -0.333 e. The molecule has 0 unspecified atom stereocenters. The third-order valence-electron chi connectivity index (χ3n) is 1.86. The Morgan fingerprint density at radius 2 is 1.53 bits per heavy atom. The van der Waals surface area contributed by atoms with Gasteiger partial charge in [0.05, 0.1) is 11.4 Å². The average Bonchev–Trinajstić information content (AvgIpc) is 2.43. The van der Waals surface area contributed by atoms with Crippen LogP contribution < -0.4 is 5.73 Å². The first-order chi connectivity index (χ1) is 8.25. The van der Waals surface area contributed by atoms with E-state index >= 15 is 0 Å². The van der Waals surface area contributed by atoms with Crippen molar-refractivity contribution in [2.24, 2.45) is 5.73 Å². The molecule has 1 rings (SSSR count). The summed E-state index contributed by atoms with van der Waals surface area (Å²) in [5.74, 6) is 0. The summed E-state index contributed by atoms with van der Waals surface area (Å²) in [6.07, 6.45) is 1.61. The van der Waals surface area contributed by atoms with Crippen LogP contribution in [0.3, 0.4) is 0 Å². The van der Waals surface area contributed by atoms with Crippen molar-refractivity contribution in [1.29, 1.82) is 10.8 Å². The molecule has 0 radical (unpaired) electrons. The minimum atomic E-state index is 0.349. The Morgan fingerprint density at radius 1 is 1.06 bits per heavy atom. The number of hydrogen-bond donors (Lipinski definition) is 3. The van der Waals surface area contributed by atoms with Gasteiger partial charge in [0, 0.05) is 5.56 Å². The molecule has 0 atom stereocenters. The van der Waals surface area contributed by atoms with Gasteiger partial charge in [0.1, 0.15) is 0 Å². The maximum atomic E-state index is 7.71. The van der Waals surface area contributed by atoms with Crippen molar-refractivity contribution in [3.8, 4) is 0 Å². The van der Waals surface area contributed by atoms with Gasteiger partial charge in [-0.3, -0.25) is 5.41 Å². The molecular weight excluding hydrogens is 210 g/mol. The van der Waals surface area contributed by atoms with Crippen LogP contribution >= 0.6 is 0 Å². The monoisotopic (exact) mass is 235 g/mol. The molecule has 4 N–H and O–H groups in total. The van der Waals surface area contributed by atoms with Crippen LogP contribution in [0.5, 0.6) is 0 Å². The summed E-state index contributed by atoms with van der Waals surface area (Å²) in [4.78, 5) is 0. The van der Waals surface area contributed by atoms with Crippen LogP contribution in [-0.4, -0.2) is 18.5 Å². The summed E-state index contributed by atoms with van der Waals surface area (Å²) in [7, 11) is 1.50. The van der Waals surface area contributed by atoms with Crippen LogP contribution in [-0.2, 0) is 0 Å². The van der Waals surface area contributed by atoms with Gasteiger partial charge < -0.3 is 11.1 Å². The summed E-state index contributed by atoms with van der Waals surface area (Å²) in [5, 5.41) is 15.3. The molecule has 0 heterocycles. The van der Waals surface area contributed by atoms with Gasteiger partial charge in [-0.1, -0.05) is 57.5 Å². The van der Waals surface area contributed by atoms with E-state index in [9.17, 15) is 0 Å². The molecule has 0 saturated carbocycles. The lowest BCUT2D eigenvalue weighted by molar-refractivity contribution is 0.993. The van der Waals surface area contributed by atoms with Crippen molar-refractivity contribution in [3.63, 3.8) is 0 Å². The van der Waals surface area contributed by atoms with Crippen LogP contribution in [0.25, 0.3) is 0 Å². The highest BCUT2D eigenvalue weighted by molar-refractivity contribution is 6.46. The predicted molar refractivity (Wildman–Crippen MR) is 77.4 cm³/mol. The van der Waals surface area contributed by atoms with E-state index in [1.807, 2.05) is 51.1 Å². The molecule has 0 spiro atoms. The Kier molecular flexibility index (Phi) is 13.3. The van der Waals surface area contributed by atoms with Crippen molar-refractivity contribution in [2.45, 2.75) is 33.6 Å². The maximum absolute atomic E-state index is 7.71. The molecular formula is C14H25N3. The number of nitrogens with one attached hydrogen (secondary N) is 2. The van der Waals surface area contributed by atoms with Crippen molar-refractivity contribution in [3.05, 3.63) is 35.9 Å². The molecule has 1 aromatic rings. The van der Waals surface area contributed by atoms with E-state index < -0.39 is 0 Å². The highest BCUT2D eigenvalue weighted by Gasteiger charge is 2.05. The number of nitrogens with two attached hydrogens (primary N) is 1. The number of rotatable bonds is 4. The van der Waals surface area contributed by atoms with Gasteiger partial charge >= 0.3 is 0 Å². The quantitative estimate of drug-likeness (QED) is 0.687. The molecule has 0 amide bonds. The van der Waals surface area contributed by atoms with E-state index in [4.69, 9.17) is 10.8 Å². The Balaban J connectivity index is 0. The molecule has 0 saturated heterocycles. The third kappa shape index (κ3) is 7.41. The van der Waals surface area contributed by atoms with Crippen LogP contribution in [0.15, 0.2) is 30.3 Å². The standard InChI is InChI=1S/C11H14N2.C2H6.CH5N/c1-2-6-10(12)11(13)9-7-4-3-5-8-9;2*1-2/h3-5,7-8,12-13H,2,6H2,1H3;1-2H3;2H2,1H3. The molecule has 0 fully saturated rings. The lowest BCUT2D eigenvalue weighted by atomic mass is 10.0.